The minimum atomic E-state index is -0.582. The molecule has 0 spiro atoms. The van der Waals surface area contributed by atoms with Crippen molar-refractivity contribution in [3.8, 4) is 0 Å². The third kappa shape index (κ3) is 8.83. The standard InChI is InChI=1S/C22H27N3O4/c1-16(25-21(27)29-22(2,3)4)24-19-12-10-17(11-13-19)14-23-20(26)28-15-18-8-6-5-7-9-18/h5-13,24H,1,14-15H2,2-4H3,(H,23,26)(H,25,27). The highest BCUT2D eigenvalue weighted by molar-refractivity contribution is 5.71. The van der Waals surface area contributed by atoms with E-state index < -0.39 is 17.8 Å². The first-order valence-electron chi connectivity index (χ1n) is 9.21. The maximum absolute atomic E-state index is 11.8. The monoisotopic (exact) mass is 397 g/mol. The van der Waals surface area contributed by atoms with Crippen LogP contribution < -0.4 is 16.0 Å². The summed E-state index contributed by atoms with van der Waals surface area (Å²) in [5.41, 5.74) is 1.99. The molecule has 7 heteroatoms. The lowest BCUT2D eigenvalue weighted by Gasteiger charge is -2.20. The summed E-state index contributed by atoms with van der Waals surface area (Å²) in [4.78, 5) is 23.5. The first-order chi connectivity index (χ1) is 13.7. The Labute approximate surface area is 171 Å². The Balaban J connectivity index is 1.73. The first-order valence-corrected chi connectivity index (χ1v) is 9.21. The van der Waals surface area contributed by atoms with Crippen molar-refractivity contribution in [2.24, 2.45) is 0 Å². The number of rotatable bonds is 7. The number of benzene rings is 2. The Morgan fingerprint density at radius 1 is 0.931 bits per heavy atom. The number of carbonyl (C=O) groups is 2. The van der Waals surface area contributed by atoms with Gasteiger partial charge < -0.3 is 20.1 Å². The minimum absolute atomic E-state index is 0.224. The van der Waals surface area contributed by atoms with E-state index in [9.17, 15) is 9.59 Å². The van der Waals surface area contributed by atoms with E-state index in [1.165, 1.54) is 0 Å². The van der Waals surface area contributed by atoms with E-state index in [1.807, 2.05) is 54.6 Å². The van der Waals surface area contributed by atoms with Gasteiger partial charge in [0.25, 0.3) is 0 Å². The smallest absolute Gasteiger partial charge is 0.413 e. The highest BCUT2D eigenvalue weighted by Gasteiger charge is 2.16. The Morgan fingerprint density at radius 2 is 1.59 bits per heavy atom. The van der Waals surface area contributed by atoms with Crippen LogP contribution in [0.4, 0.5) is 15.3 Å². The van der Waals surface area contributed by atoms with Crippen LogP contribution in [0.1, 0.15) is 31.9 Å². The average Bonchev–Trinajstić information content (AvgIpc) is 2.65. The number of ether oxygens (including phenoxy) is 2. The molecule has 2 amide bonds. The maximum atomic E-state index is 11.8. The molecule has 0 saturated carbocycles. The number of nitrogens with one attached hydrogen (secondary N) is 3. The van der Waals surface area contributed by atoms with E-state index in [-0.39, 0.29) is 6.61 Å². The SMILES string of the molecule is C=C(NC(=O)OC(C)(C)C)Nc1ccc(CNC(=O)OCc2ccccc2)cc1. The molecule has 0 aromatic heterocycles. The molecule has 0 atom stereocenters. The largest absolute Gasteiger partial charge is 0.445 e. The molecule has 7 nitrogen and oxygen atoms in total. The Kier molecular flexibility index (Phi) is 7.65. The van der Waals surface area contributed by atoms with Gasteiger partial charge in [-0.05, 0) is 44.0 Å². The Morgan fingerprint density at radius 3 is 2.21 bits per heavy atom. The molecule has 3 N–H and O–H groups in total. The second-order valence-corrected chi connectivity index (χ2v) is 7.34. The number of anilines is 1. The fraction of sp³-hybridized carbons (Fsp3) is 0.273. The summed E-state index contributed by atoms with van der Waals surface area (Å²) < 4.78 is 10.3. The zero-order chi connectivity index (χ0) is 21.3. The molecule has 29 heavy (non-hydrogen) atoms. The van der Waals surface area contributed by atoms with Gasteiger partial charge in [0.1, 0.15) is 18.0 Å². The topological polar surface area (TPSA) is 88.7 Å². The fourth-order valence-corrected chi connectivity index (χ4v) is 2.29. The number of hydrogen-bond donors (Lipinski definition) is 3. The quantitative estimate of drug-likeness (QED) is 0.639. The normalized spacial score (nSPS) is 10.6. The first kappa shape index (κ1) is 21.8. The Hall–Kier alpha value is -3.48. The second kappa shape index (κ2) is 10.2. The molecular weight excluding hydrogens is 370 g/mol. The lowest BCUT2D eigenvalue weighted by atomic mass is 10.2. The van der Waals surface area contributed by atoms with Crippen LogP contribution in [0.25, 0.3) is 0 Å². The molecule has 0 fully saturated rings. The van der Waals surface area contributed by atoms with Crippen LogP contribution in [0.3, 0.4) is 0 Å². The third-order valence-electron chi connectivity index (χ3n) is 3.55. The van der Waals surface area contributed by atoms with Gasteiger partial charge in [-0.3, -0.25) is 5.32 Å². The zero-order valence-electron chi connectivity index (χ0n) is 17.0. The van der Waals surface area contributed by atoms with Crippen molar-refractivity contribution in [2.45, 2.75) is 39.5 Å². The summed E-state index contributed by atoms with van der Waals surface area (Å²) in [6.07, 6.45) is -1.06. The van der Waals surface area contributed by atoms with E-state index in [0.29, 0.717) is 12.4 Å². The molecule has 0 aliphatic heterocycles. The molecule has 154 valence electrons. The van der Waals surface area contributed by atoms with Crippen LogP contribution in [0, 0.1) is 0 Å². The summed E-state index contributed by atoms with van der Waals surface area (Å²) in [7, 11) is 0. The summed E-state index contributed by atoms with van der Waals surface area (Å²) in [6.45, 7) is 9.67. The van der Waals surface area contributed by atoms with Crippen molar-refractivity contribution in [3.05, 3.63) is 78.1 Å². The molecule has 2 aromatic rings. The molecule has 0 saturated heterocycles. The van der Waals surface area contributed by atoms with Crippen LogP contribution >= 0.6 is 0 Å². The van der Waals surface area contributed by atoms with Crippen LogP contribution in [0.5, 0.6) is 0 Å². The molecule has 0 heterocycles. The second-order valence-electron chi connectivity index (χ2n) is 7.34. The number of hydrogen-bond acceptors (Lipinski definition) is 5. The Bertz CT molecular complexity index is 827. The van der Waals surface area contributed by atoms with E-state index >= 15 is 0 Å². The minimum Gasteiger partial charge on any atom is -0.445 e. The highest BCUT2D eigenvalue weighted by Crippen LogP contribution is 2.12. The molecule has 2 rings (SSSR count). The predicted molar refractivity (Wildman–Crippen MR) is 112 cm³/mol. The summed E-state index contributed by atoms with van der Waals surface area (Å²) in [6, 6.07) is 16.8. The van der Waals surface area contributed by atoms with Gasteiger partial charge in [0, 0.05) is 12.2 Å². The van der Waals surface area contributed by atoms with Crippen molar-refractivity contribution >= 4 is 17.9 Å². The van der Waals surface area contributed by atoms with Crippen molar-refractivity contribution < 1.29 is 19.1 Å². The molecule has 2 aromatic carbocycles. The number of carbonyl (C=O) groups excluding carboxylic acids is 2. The van der Waals surface area contributed by atoms with Crippen molar-refractivity contribution in [1.29, 1.82) is 0 Å². The van der Waals surface area contributed by atoms with Crippen LogP contribution in [-0.4, -0.2) is 17.8 Å². The van der Waals surface area contributed by atoms with Gasteiger partial charge >= 0.3 is 12.2 Å². The molecule has 0 bridgehead atoms. The average molecular weight is 397 g/mol. The fourth-order valence-electron chi connectivity index (χ4n) is 2.29. The van der Waals surface area contributed by atoms with E-state index in [4.69, 9.17) is 9.47 Å². The third-order valence-corrected chi connectivity index (χ3v) is 3.55. The highest BCUT2D eigenvalue weighted by atomic mass is 16.6. The molecule has 0 aliphatic rings. The zero-order valence-corrected chi connectivity index (χ0v) is 17.0. The van der Waals surface area contributed by atoms with Gasteiger partial charge in [0.15, 0.2) is 0 Å². The molecular formula is C22H27N3O4. The van der Waals surface area contributed by atoms with Crippen molar-refractivity contribution in [1.82, 2.24) is 10.6 Å². The van der Waals surface area contributed by atoms with Gasteiger partial charge in [-0.2, -0.15) is 0 Å². The van der Waals surface area contributed by atoms with Gasteiger partial charge in [0.05, 0.1) is 0 Å². The summed E-state index contributed by atoms with van der Waals surface area (Å²) in [5, 5.41) is 8.20. The van der Waals surface area contributed by atoms with Crippen LogP contribution in [0.15, 0.2) is 67.0 Å². The van der Waals surface area contributed by atoms with Gasteiger partial charge in [-0.15, -0.1) is 0 Å². The van der Waals surface area contributed by atoms with Gasteiger partial charge in [0.2, 0.25) is 0 Å². The lowest BCUT2D eigenvalue weighted by Crippen LogP contribution is -2.33. The molecule has 0 aliphatic carbocycles. The lowest BCUT2D eigenvalue weighted by molar-refractivity contribution is 0.0547. The van der Waals surface area contributed by atoms with Gasteiger partial charge in [-0.25, -0.2) is 9.59 Å². The van der Waals surface area contributed by atoms with Crippen LogP contribution in [0.2, 0.25) is 0 Å². The van der Waals surface area contributed by atoms with E-state index in [2.05, 4.69) is 22.5 Å². The van der Waals surface area contributed by atoms with Crippen LogP contribution in [-0.2, 0) is 22.6 Å². The van der Waals surface area contributed by atoms with Gasteiger partial charge in [-0.1, -0.05) is 49.0 Å². The van der Waals surface area contributed by atoms with E-state index in [1.54, 1.807) is 20.8 Å². The number of alkyl carbamates (subject to hydrolysis) is 2. The summed E-state index contributed by atoms with van der Waals surface area (Å²) >= 11 is 0. The van der Waals surface area contributed by atoms with E-state index in [0.717, 1.165) is 16.8 Å². The maximum Gasteiger partial charge on any atom is 0.413 e. The predicted octanol–water partition coefficient (Wildman–Crippen LogP) is 4.52. The van der Waals surface area contributed by atoms with Crippen molar-refractivity contribution in [2.75, 3.05) is 5.32 Å². The summed E-state index contributed by atoms with van der Waals surface area (Å²) in [5.74, 6) is 0.301. The van der Waals surface area contributed by atoms with Crippen molar-refractivity contribution in [3.63, 3.8) is 0 Å². The molecule has 0 radical (unpaired) electrons. The molecule has 0 unspecified atom stereocenters. The number of amides is 2.